The number of benzene rings is 1. The minimum Gasteiger partial charge on any atom is -0.378 e. The smallest absolute Gasteiger partial charge is 0.257 e. The van der Waals surface area contributed by atoms with Gasteiger partial charge in [-0.1, -0.05) is 12.1 Å². The third kappa shape index (κ3) is 3.82. The minimum atomic E-state index is -0.342. The standard InChI is InChI=1S/C18H22FN3O2/c1-22(9-3-7-15-8-4-10-24-15)18(23)16-12-20-21-17(16)13-5-2-6-14(19)11-13/h2,5-6,11-12,15H,3-4,7-10H2,1H3,(H,20,21)/t15-/m0/s1. The van der Waals surface area contributed by atoms with Crippen molar-refractivity contribution in [2.45, 2.75) is 31.8 Å². The quantitative estimate of drug-likeness (QED) is 0.884. The van der Waals surface area contributed by atoms with E-state index in [-0.39, 0.29) is 11.7 Å². The summed E-state index contributed by atoms with van der Waals surface area (Å²) in [6.45, 7) is 1.51. The number of amides is 1. The van der Waals surface area contributed by atoms with Crippen LogP contribution in [0.5, 0.6) is 0 Å². The van der Waals surface area contributed by atoms with Gasteiger partial charge in [0.05, 0.1) is 23.6 Å². The third-order valence-corrected chi connectivity index (χ3v) is 4.37. The topological polar surface area (TPSA) is 58.2 Å². The molecular formula is C18H22FN3O2. The van der Waals surface area contributed by atoms with Crippen molar-refractivity contribution in [3.8, 4) is 11.3 Å². The third-order valence-electron chi connectivity index (χ3n) is 4.37. The van der Waals surface area contributed by atoms with E-state index < -0.39 is 0 Å². The van der Waals surface area contributed by atoms with Gasteiger partial charge in [0.2, 0.25) is 0 Å². The summed E-state index contributed by atoms with van der Waals surface area (Å²) in [5.74, 6) is -0.458. The maximum absolute atomic E-state index is 13.4. The molecule has 5 nitrogen and oxygen atoms in total. The van der Waals surface area contributed by atoms with Gasteiger partial charge in [-0.2, -0.15) is 5.10 Å². The van der Waals surface area contributed by atoms with E-state index in [0.717, 1.165) is 32.3 Å². The molecule has 24 heavy (non-hydrogen) atoms. The number of ether oxygens (including phenoxy) is 1. The zero-order valence-corrected chi connectivity index (χ0v) is 13.8. The number of aromatic amines is 1. The van der Waals surface area contributed by atoms with Gasteiger partial charge >= 0.3 is 0 Å². The van der Waals surface area contributed by atoms with Gasteiger partial charge in [-0.3, -0.25) is 9.89 Å². The Labute approximate surface area is 140 Å². The molecule has 1 atom stereocenters. The fourth-order valence-electron chi connectivity index (χ4n) is 3.05. The molecule has 0 aliphatic carbocycles. The second-order valence-electron chi connectivity index (χ2n) is 6.17. The van der Waals surface area contributed by atoms with Crippen molar-refractivity contribution in [3.63, 3.8) is 0 Å². The lowest BCUT2D eigenvalue weighted by Crippen LogP contribution is -2.28. The number of hydrogen-bond acceptors (Lipinski definition) is 3. The van der Waals surface area contributed by atoms with Crippen LogP contribution in [-0.2, 0) is 4.74 Å². The Morgan fingerprint density at radius 3 is 3.12 bits per heavy atom. The van der Waals surface area contributed by atoms with Crippen molar-refractivity contribution in [1.29, 1.82) is 0 Å². The number of nitrogens with zero attached hydrogens (tertiary/aromatic N) is 2. The first kappa shape index (κ1) is 16.6. The molecule has 1 fully saturated rings. The summed E-state index contributed by atoms with van der Waals surface area (Å²) in [6, 6.07) is 6.14. The first-order chi connectivity index (χ1) is 11.6. The Morgan fingerprint density at radius 1 is 1.50 bits per heavy atom. The van der Waals surface area contributed by atoms with E-state index in [4.69, 9.17) is 4.74 Å². The normalized spacial score (nSPS) is 17.2. The van der Waals surface area contributed by atoms with Gasteiger partial charge in [-0.25, -0.2) is 4.39 Å². The van der Waals surface area contributed by atoms with E-state index in [1.165, 1.54) is 18.3 Å². The lowest BCUT2D eigenvalue weighted by molar-refractivity contribution is 0.0764. The largest absolute Gasteiger partial charge is 0.378 e. The molecule has 2 aromatic rings. The Morgan fingerprint density at radius 2 is 2.38 bits per heavy atom. The molecule has 1 aromatic carbocycles. The molecule has 128 valence electrons. The molecule has 0 bridgehead atoms. The molecule has 3 rings (SSSR count). The lowest BCUT2D eigenvalue weighted by atomic mass is 10.1. The van der Waals surface area contributed by atoms with Gasteiger partial charge in [0.1, 0.15) is 5.82 Å². The molecule has 1 aliphatic rings. The SMILES string of the molecule is CN(CCC[C@H]1CCCO1)C(=O)c1cn[nH]c1-c1cccc(F)c1. The van der Waals surface area contributed by atoms with E-state index in [1.807, 2.05) is 0 Å². The molecule has 1 amide bonds. The van der Waals surface area contributed by atoms with Crippen molar-refractivity contribution in [2.24, 2.45) is 0 Å². The second kappa shape index (κ2) is 7.57. The van der Waals surface area contributed by atoms with Crippen molar-refractivity contribution in [3.05, 3.63) is 41.8 Å². The Kier molecular flexibility index (Phi) is 5.25. The summed E-state index contributed by atoms with van der Waals surface area (Å²) in [5, 5.41) is 6.76. The number of halogens is 1. The average Bonchev–Trinajstić information content (AvgIpc) is 3.25. The first-order valence-corrected chi connectivity index (χ1v) is 8.31. The number of rotatable bonds is 6. The number of carbonyl (C=O) groups is 1. The number of carbonyl (C=O) groups excluding carboxylic acids is 1. The van der Waals surface area contributed by atoms with Gasteiger partial charge < -0.3 is 9.64 Å². The summed E-state index contributed by atoms with van der Waals surface area (Å²) >= 11 is 0. The van der Waals surface area contributed by atoms with E-state index in [9.17, 15) is 9.18 Å². The minimum absolute atomic E-state index is 0.115. The van der Waals surface area contributed by atoms with Gasteiger partial charge in [0.25, 0.3) is 5.91 Å². The molecule has 0 radical (unpaired) electrons. The fraction of sp³-hybridized carbons (Fsp3) is 0.444. The summed E-state index contributed by atoms with van der Waals surface area (Å²) in [6.07, 6.45) is 5.96. The number of nitrogens with one attached hydrogen (secondary N) is 1. The molecule has 6 heteroatoms. The van der Waals surface area contributed by atoms with Crippen LogP contribution in [-0.4, -0.2) is 47.3 Å². The zero-order chi connectivity index (χ0) is 16.9. The molecular weight excluding hydrogens is 309 g/mol. The van der Waals surface area contributed by atoms with Crippen LogP contribution in [0.2, 0.25) is 0 Å². The monoisotopic (exact) mass is 331 g/mol. The van der Waals surface area contributed by atoms with Crippen molar-refractivity contribution >= 4 is 5.91 Å². The first-order valence-electron chi connectivity index (χ1n) is 8.31. The Hall–Kier alpha value is -2.21. The van der Waals surface area contributed by atoms with E-state index in [1.54, 1.807) is 24.1 Å². The highest BCUT2D eigenvalue weighted by Crippen LogP contribution is 2.23. The molecule has 2 heterocycles. The fourth-order valence-corrected chi connectivity index (χ4v) is 3.05. The van der Waals surface area contributed by atoms with Gasteiger partial charge in [-0.15, -0.1) is 0 Å². The van der Waals surface area contributed by atoms with Crippen LogP contribution < -0.4 is 0 Å². The van der Waals surface area contributed by atoms with Gasteiger partial charge in [0.15, 0.2) is 0 Å². The average molecular weight is 331 g/mol. The van der Waals surface area contributed by atoms with Crippen LogP contribution in [0, 0.1) is 5.82 Å². The number of hydrogen-bond donors (Lipinski definition) is 1. The van der Waals surface area contributed by atoms with Crippen LogP contribution in [0.1, 0.15) is 36.0 Å². The highest BCUT2D eigenvalue weighted by atomic mass is 19.1. The molecule has 1 aliphatic heterocycles. The van der Waals surface area contributed by atoms with Crippen LogP contribution >= 0.6 is 0 Å². The maximum atomic E-state index is 13.4. The number of aromatic nitrogens is 2. The maximum Gasteiger partial charge on any atom is 0.257 e. The molecule has 0 unspecified atom stereocenters. The summed E-state index contributed by atoms with van der Waals surface area (Å²) in [5.41, 5.74) is 1.62. The predicted octanol–water partition coefficient (Wildman–Crippen LogP) is 3.25. The Balaban J connectivity index is 1.63. The van der Waals surface area contributed by atoms with Crippen molar-refractivity contribution in [1.82, 2.24) is 15.1 Å². The molecule has 1 N–H and O–H groups in total. The zero-order valence-electron chi connectivity index (χ0n) is 13.8. The highest BCUT2D eigenvalue weighted by Gasteiger charge is 2.20. The summed E-state index contributed by atoms with van der Waals surface area (Å²) in [7, 11) is 1.78. The molecule has 0 saturated carbocycles. The molecule has 1 saturated heterocycles. The highest BCUT2D eigenvalue weighted by molar-refractivity contribution is 5.99. The second-order valence-corrected chi connectivity index (χ2v) is 6.17. The summed E-state index contributed by atoms with van der Waals surface area (Å²) < 4.78 is 19.0. The van der Waals surface area contributed by atoms with Crippen LogP contribution in [0.15, 0.2) is 30.5 Å². The lowest BCUT2D eigenvalue weighted by Gasteiger charge is -2.18. The van der Waals surface area contributed by atoms with E-state index in [2.05, 4.69) is 10.2 Å². The molecule has 1 aromatic heterocycles. The van der Waals surface area contributed by atoms with Crippen molar-refractivity contribution < 1.29 is 13.9 Å². The predicted molar refractivity (Wildman–Crippen MR) is 89.2 cm³/mol. The van der Waals surface area contributed by atoms with E-state index >= 15 is 0 Å². The van der Waals surface area contributed by atoms with Crippen molar-refractivity contribution in [2.75, 3.05) is 20.2 Å². The van der Waals surface area contributed by atoms with Gasteiger partial charge in [0, 0.05) is 25.8 Å². The Bertz CT molecular complexity index is 695. The molecule has 0 spiro atoms. The van der Waals surface area contributed by atoms with Gasteiger partial charge in [-0.05, 0) is 37.8 Å². The summed E-state index contributed by atoms with van der Waals surface area (Å²) in [4.78, 5) is 14.3. The van der Waals surface area contributed by atoms with Crippen LogP contribution in [0.4, 0.5) is 4.39 Å². The van der Waals surface area contributed by atoms with E-state index in [0.29, 0.717) is 29.5 Å². The van der Waals surface area contributed by atoms with Crippen LogP contribution in [0.3, 0.4) is 0 Å². The van der Waals surface area contributed by atoms with Crippen LogP contribution in [0.25, 0.3) is 11.3 Å². The number of H-pyrrole nitrogens is 1.